The number of carbonyl (C=O) groups is 2. The van der Waals surface area contributed by atoms with Gasteiger partial charge in [0.15, 0.2) is 0 Å². The average molecular weight is 363 g/mol. The number of hydrogen-bond acceptors (Lipinski definition) is 5. The Morgan fingerprint density at radius 2 is 2.00 bits per heavy atom. The summed E-state index contributed by atoms with van der Waals surface area (Å²) in [5, 5.41) is 7.12. The minimum absolute atomic E-state index is 0.0433. The predicted octanol–water partition coefficient (Wildman–Crippen LogP) is 0.101. The Balaban J connectivity index is 1.37. The molecule has 0 radical (unpaired) electrons. The molecule has 144 valence electrons. The molecule has 0 unspecified atom stereocenters. The van der Waals surface area contributed by atoms with Crippen molar-refractivity contribution in [1.82, 2.24) is 24.9 Å². The van der Waals surface area contributed by atoms with Crippen LogP contribution in [0.5, 0.6) is 0 Å². The van der Waals surface area contributed by atoms with Gasteiger partial charge in [-0.05, 0) is 26.0 Å². The van der Waals surface area contributed by atoms with E-state index in [1.54, 1.807) is 10.9 Å². The average Bonchev–Trinajstić information content (AvgIpc) is 3.30. The summed E-state index contributed by atoms with van der Waals surface area (Å²) in [6.07, 6.45) is 6.56. The molecule has 0 bridgehead atoms. The van der Waals surface area contributed by atoms with E-state index in [0.29, 0.717) is 58.3 Å². The van der Waals surface area contributed by atoms with Gasteiger partial charge in [0.25, 0.3) is 0 Å². The van der Waals surface area contributed by atoms with Gasteiger partial charge in [0.1, 0.15) is 0 Å². The number of ether oxygens (including phenoxy) is 1. The lowest BCUT2D eigenvalue weighted by Gasteiger charge is -2.30. The summed E-state index contributed by atoms with van der Waals surface area (Å²) < 4.78 is 7.06. The number of carbonyl (C=O) groups excluding carboxylic acids is 2. The molecule has 8 nitrogen and oxygen atoms in total. The maximum atomic E-state index is 12.4. The Bertz CT molecular complexity index is 586. The van der Waals surface area contributed by atoms with Crippen LogP contribution < -0.4 is 5.32 Å². The molecule has 0 aromatic carbocycles. The highest BCUT2D eigenvalue weighted by molar-refractivity contribution is 5.77. The van der Waals surface area contributed by atoms with E-state index in [1.807, 2.05) is 17.2 Å². The van der Waals surface area contributed by atoms with E-state index in [4.69, 9.17) is 4.74 Å². The fourth-order valence-electron chi connectivity index (χ4n) is 3.69. The van der Waals surface area contributed by atoms with Gasteiger partial charge in [-0.3, -0.25) is 19.2 Å². The minimum atomic E-state index is 0.0433. The molecule has 8 heteroatoms. The fraction of sp³-hybridized carbons (Fsp3) is 0.722. The molecule has 0 saturated carbocycles. The molecule has 2 amide bonds. The van der Waals surface area contributed by atoms with E-state index < -0.39 is 0 Å². The van der Waals surface area contributed by atoms with E-state index in [0.717, 1.165) is 12.8 Å². The number of amides is 2. The SMILES string of the molecule is CN1[C@@H](CC(=O)N2CCOCC2)CC[C@H]1CNC(=O)CCn1cccn1. The second kappa shape index (κ2) is 9.14. The largest absolute Gasteiger partial charge is 0.378 e. The Morgan fingerprint density at radius 3 is 2.73 bits per heavy atom. The summed E-state index contributed by atoms with van der Waals surface area (Å²) in [6, 6.07) is 2.41. The molecule has 3 heterocycles. The lowest BCUT2D eigenvalue weighted by atomic mass is 10.1. The monoisotopic (exact) mass is 363 g/mol. The van der Waals surface area contributed by atoms with Gasteiger partial charge >= 0.3 is 0 Å². The first kappa shape index (κ1) is 18.8. The second-order valence-corrected chi connectivity index (χ2v) is 7.07. The topological polar surface area (TPSA) is 79.7 Å². The van der Waals surface area contributed by atoms with Crippen LogP contribution in [0.15, 0.2) is 18.5 Å². The van der Waals surface area contributed by atoms with Gasteiger partial charge in [0, 0.05) is 63.5 Å². The minimum Gasteiger partial charge on any atom is -0.378 e. The van der Waals surface area contributed by atoms with Gasteiger partial charge in [-0.25, -0.2) is 0 Å². The van der Waals surface area contributed by atoms with Crippen molar-refractivity contribution in [2.45, 2.75) is 44.3 Å². The van der Waals surface area contributed by atoms with Crippen molar-refractivity contribution in [3.63, 3.8) is 0 Å². The Kier molecular flexibility index (Phi) is 6.62. The summed E-state index contributed by atoms with van der Waals surface area (Å²) in [4.78, 5) is 28.6. The molecule has 1 aromatic heterocycles. The van der Waals surface area contributed by atoms with Crippen LogP contribution in [0, 0.1) is 0 Å². The van der Waals surface area contributed by atoms with Crippen LogP contribution in [0.3, 0.4) is 0 Å². The van der Waals surface area contributed by atoms with Crippen molar-refractivity contribution in [3.8, 4) is 0 Å². The fourth-order valence-corrected chi connectivity index (χ4v) is 3.69. The number of nitrogens with one attached hydrogen (secondary N) is 1. The first-order valence-corrected chi connectivity index (χ1v) is 9.45. The third kappa shape index (κ3) is 5.04. The quantitative estimate of drug-likeness (QED) is 0.743. The Hall–Kier alpha value is -1.93. The van der Waals surface area contributed by atoms with Gasteiger partial charge in [-0.1, -0.05) is 0 Å². The number of hydrogen-bond donors (Lipinski definition) is 1. The van der Waals surface area contributed by atoms with Gasteiger partial charge in [-0.2, -0.15) is 5.10 Å². The van der Waals surface area contributed by atoms with E-state index in [-0.39, 0.29) is 17.9 Å². The Labute approximate surface area is 154 Å². The first-order chi connectivity index (χ1) is 12.6. The molecule has 26 heavy (non-hydrogen) atoms. The molecular weight excluding hydrogens is 334 g/mol. The molecule has 1 aromatic rings. The molecule has 2 atom stereocenters. The highest BCUT2D eigenvalue weighted by Crippen LogP contribution is 2.25. The van der Waals surface area contributed by atoms with E-state index in [9.17, 15) is 9.59 Å². The summed E-state index contributed by atoms with van der Waals surface area (Å²) >= 11 is 0. The third-order valence-corrected chi connectivity index (χ3v) is 5.42. The maximum absolute atomic E-state index is 12.4. The highest BCUT2D eigenvalue weighted by Gasteiger charge is 2.33. The van der Waals surface area contributed by atoms with Gasteiger partial charge in [0.05, 0.1) is 13.2 Å². The summed E-state index contributed by atoms with van der Waals surface area (Å²) in [5.41, 5.74) is 0. The van der Waals surface area contributed by atoms with E-state index in [2.05, 4.69) is 22.4 Å². The van der Waals surface area contributed by atoms with Crippen LogP contribution in [0.2, 0.25) is 0 Å². The van der Waals surface area contributed by atoms with E-state index in [1.165, 1.54) is 0 Å². The van der Waals surface area contributed by atoms with Crippen LogP contribution in [0.4, 0.5) is 0 Å². The molecule has 2 aliphatic heterocycles. The van der Waals surface area contributed by atoms with Crippen LogP contribution in [0.1, 0.15) is 25.7 Å². The zero-order valence-corrected chi connectivity index (χ0v) is 15.5. The molecule has 0 aliphatic carbocycles. The third-order valence-electron chi connectivity index (χ3n) is 5.42. The zero-order chi connectivity index (χ0) is 18.4. The smallest absolute Gasteiger partial charge is 0.224 e. The summed E-state index contributed by atoms with van der Waals surface area (Å²) in [5.74, 6) is 0.260. The molecule has 3 rings (SSSR count). The number of likely N-dealkylation sites (tertiary alicyclic amines) is 1. The van der Waals surface area contributed by atoms with E-state index >= 15 is 0 Å². The van der Waals surface area contributed by atoms with Crippen LogP contribution in [-0.4, -0.2) is 83.4 Å². The second-order valence-electron chi connectivity index (χ2n) is 7.07. The van der Waals surface area contributed by atoms with Gasteiger partial charge in [-0.15, -0.1) is 0 Å². The number of likely N-dealkylation sites (N-methyl/N-ethyl adjacent to an activating group) is 1. The maximum Gasteiger partial charge on any atom is 0.224 e. The molecule has 2 aliphatic rings. The highest BCUT2D eigenvalue weighted by atomic mass is 16.5. The first-order valence-electron chi connectivity index (χ1n) is 9.45. The number of nitrogens with zero attached hydrogens (tertiary/aromatic N) is 4. The zero-order valence-electron chi connectivity index (χ0n) is 15.5. The number of aryl methyl sites for hydroxylation is 1. The molecule has 0 spiro atoms. The van der Waals surface area contributed by atoms with Crippen molar-refractivity contribution < 1.29 is 14.3 Å². The van der Waals surface area contributed by atoms with Crippen LogP contribution in [0.25, 0.3) is 0 Å². The predicted molar refractivity (Wildman–Crippen MR) is 96.4 cm³/mol. The lowest BCUT2D eigenvalue weighted by Crippen LogP contribution is -2.45. The number of aromatic nitrogens is 2. The van der Waals surface area contributed by atoms with Crippen molar-refractivity contribution in [3.05, 3.63) is 18.5 Å². The Morgan fingerprint density at radius 1 is 1.23 bits per heavy atom. The summed E-state index contributed by atoms with van der Waals surface area (Å²) in [7, 11) is 2.06. The van der Waals surface area contributed by atoms with Crippen molar-refractivity contribution in [2.75, 3.05) is 39.9 Å². The van der Waals surface area contributed by atoms with Crippen molar-refractivity contribution >= 4 is 11.8 Å². The summed E-state index contributed by atoms with van der Waals surface area (Å²) in [6.45, 7) is 3.90. The standard InChI is InChI=1S/C18H29N5O3/c1-21-15(13-18(25)22-9-11-26-12-10-22)3-4-16(21)14-19-17(24)5-8-23-7-2-6-20-23/h2,6-7,15-16H,3-5,8-14H2,1H3,(H,19,24)/t15-,16+/m1/s1. The normalized spacial score (nSPS) is 24.0. The number of rotatable bonds is 7. The molecule has 2 fully saturated rings. The van der Waals surface area contributed by atoms with Crippen molar-refractivity contribution in [1.29, 1.82) is 0 Å². The van der Waals surface area contributed by atoms with Gasteiger partial charge < -0.3 is 15.0 Å². The number of morpholine rings is 1. The molecule has 1 N–H and O–H groups in total. The van der Waals surface area contributed by atoms with Crippen LogP contribution in [-0.2, 0) is 20.9 Å². The molecular formula is C18H29N5O3. The lowest BCUT2D eigenvalue weighted by molar-refractivity contribution is -0.136. The molecule has 2 saturated heterocycles. The van der Waals surface area contributed by atoms with Crippen molar-refractivity contribution in [2.24, 2.45) is 0 Å². The van der Waals surface area contributed by atoms with Gasteiger partial charge in [0.2, 0.25) is 11.8 Å². The van der Waals surface area contributed by atoms with Crippen LogP contribution >= 0.6 is 0 Å².